The fourth-order valence-corrected chi connectivity index (χ4v) is 2.70. The zero-order chi connectivity index (χ0) is 12.0. The Kier molecular flexibility index (Phi) is 10.6. The molecular formula is C17H32. The first-order chi connectivity index (χ1) is 8.50. The minimum atomic E-state index is 1.32. The van der Waals surface area contributed by atoms with Crippen LogP contribution in [-0.2, 0) is 0 Å². The molecule has 0 N–H and O–H groups in total. The van der Waals surface area contributed by atoms with Crippen LogP contribution >= 0.6 is 0 Å². The number of allylic oxidation sites excluding steroid dienone is 2. The van der Waals surface area contributed by atoms with E-state index < -0.39 is 0 Å². The second-order valence-electron chi connectivity index (χ2n) is 5.64. The summed E-state index contributed by atoms with van der Waals surface area (Å²) in [7, 11) is 0. The third kappa shape index (κ3) is 10.6. The van der Waals surface area contributed by atoms with Gasteiger partial charge in [0.2, 0.25) is 0 Å². The fourth-order valence-electron chi connectivity index (χ4n) is 2.70. The Morgan fingerprint density at radius 1 is 0.294 bits per heavy atom. The van der Waals surface area contributed by atoms with Crippen LogP contribution in [0.2, 0.25) is 0 Å². The van der Waals surface area contributed by atoms with Crippen molar-refractivity contribution in [1.82, 2.24) is 0 Å². The van der Waals surface area contributed by atoms with Crippen molar-refractivity contribution in [2.75, 3.05) is 0 Å². The van der Waals surface area contributed by atoms with Crippen LogP contribution in [0.25, 0.3) is 0 Å². The molecule has 0 saturated carbocycles. The van der Waals surface area contributed by atoms with Crippen LogP contribution in [0.3, 0.4) is 0 Å². The van der Waals surface area contributed by atoms with Crippen molar-refractivity contribution in [1.29, 1.82) is 0 Å². The van der Waals surface area contributed by atoms with E-state index in [0.29, 0.717) is 0 Å². The van der Waals surface area contributed by atoms with Crippen molar-refractivity contribution in [3.63, 3.8) is 0 Å². The Balaban J connectivity index is 2.07. The Labute approximate surface area is 109 Å². The van der Waals surface area contributed by atoms with Crippen molar-refractivity contribution in [2.45, 2.75) is 96.3 Å². The third-order valence-electron chi connectivity index (χ3n) is 3.91. The van der Waals surface area contributed by atoms with Crippen molar-refractivity contribution < 1.29 is 0 Å². The van der Waals surface area contributed by atoms with E-state index in [2.05, 4.69) is 12.2 Å². The van der Waals surface area contributed by atoms with E-state index >= 15 is 0 Å². The SMILES string of the molecule is C1=C\CCCCCCCCCCCCCCC/1. The van der Waals surface area contributed by atoms with Gasteiger partial charge in [-0.2, -0.15) is 0 Å². The highest BCUT2D eigenvalue weighted by molar-refractivity contribution is 4.81. The molecule has 0 aromatic rings. The molecule has 0 atom stereocenters. The van der Waals surface area contributed by atoms with Gasteiger partial charge in [0.15, 0.2) is 0 Å². The summed E-state index contributed by atoms with van der Waals surface area (Å²) in [4.78, 5) is 0. The van der Waals surface area contributed by atoms with Crippen LogP contribution < -0.4 is 0 Å². The third-order valence-corrected chi connectivity index (χ3v) is 3.91. The molecular weight excluding hydrogens is 204 g/mol. The summed E-state index contributed by atoms with van der Waals surface area (Å²) in [5, 5.41) is 0. The van der Waals surface area contributed by atoms with E-state index in [0.717, 1.165) is 0 Å². The molecule has 100 valence electrons. The molecule has 0 radical (unpaired) electrons. The average molecular weight is 236 g/mol. The number of hydrogen-bond acceptors (Lipinski definition) is 0. The van der Waals surface area contributed by atoms with Gasteiger partial charge in [-0.1, -0.05) is 82.8 Å². The first kappa shape index (κ1) is 14.8. The van der Waals surface area contributed by atoms with Gasteiger partial charge in [0, 0.05) is 0 Å². The van der Waals surface area contributed by atoms with Crippen LogP contribution in [0.1, 0.15) is 96.3 Å². The van der Waals surface area contributed by atoms with Crippen molar-refractivity contribution >= 4 is 0 Å². The summed E-state index contributed by atoms with van der Waals surface area (Å²) in [6.45, 7) is 0. The molecule has 0 heterocycles. The van der Waals surface area contributed by atoms with Gasteiger partial charge in [-0.05, 0) is 25.7 Å². The van der Waals surface area contributed by atoms with Crippen LogP contribution in [0.15, 0.2) is 12.2 Å². The normalized spacial score (nSPS) is 24.9. The summed E-state index contributed by atoms with van der Waals surface area (Å²) >= 11 is 0. The molecule has 0 heteroatoms. The molecule has 0 unspecified atom stereocenters. The largest absolute Gasteiger partial charge is 0.0885 e. The zero-order valence-electron chi connectivity index (χ0n) is 11.8. The summed E-state index contributed by atoms with van der Waals surface area (Å²) in [5.74, 6) is 0. The predicted molar refractivity (Wildman–Crippen MR) is 78.4 cm³/mol. The molecule has 0 aromatic carbocycles. The smallest absolute Gasteiger partial charge is 0.0351 e. The lowest BCUT2D eigenvalue weighted by molar-refractivity contribution is 0.539. The van der Waals surface area contributed by atoms with E-state index in [1.165, 1.54) is 96.3 Å². The molecule has 1 aliphatic rings. The van der Waals surface area contributed by atoms with Gasteiger partial charge in [0.25, 0.3) is 0 Å². The molecule has 0 aliphatic heterocycles. The molecule has 0 spiro atoms. The highest BCUT2D eigenvalue weighted by atomic mass is 14.0. The Bertz CT molecular complexity index is 151. The van der Waals surface area contributed by atoms with Crippen LogP contribution in [-0.4, -0.2) is 0 Å². The van der Waals surface area contributed by atoms with Crippen molar-refractivity contribution in [2.24, 2.45) is 0 Å². The van der Waals surface area contributed by atoms with Gasteiger partial charge in [-0.15, -0.1) is 0 Å². The standard InChI is InChI=1S/C17H32/c1-2-4-6-8-10-12-14-16-17-15-13-11-9-7-5-3-1/h1-2H,3-17H2/b2-1-. The van der Waals surface area contributed by atoms with Gasteiger partial charge >= 0.3 is 0 Å². The Morgan fingerprint density at radius 3 is 0.824 bits per heavy atom. The molecule has 1 rings (SSSR count). The van der Waals surface area contributed by atoms with Gasteiger partial charge in [-0.25, -0.2) is 0 Å². The molecule has 0 bridgehead atoms. The summed E-state index contributed by atoms with van der Waals surface area (Å²) in [6, 6.07) is 0. The quantitative estimate of drug-likeness (QED) is 0.426. The van der Waals surface area contributed by atoms with Gasteiger partial charge in [-0.3, -0.25) is 0 Å². The Hall–Kier alpha value is -0.260. The lowest BCUT2D eigenvalue weighted by Crippen LogP contribution is -1.82. The van der Waals surface area contributed by atoms with Gasteiger partial charge in [0.1, 0.15) is 0 Å². The highest BCUT2D eigenvalue weighted by Crippen LogP contribution is 2.14. The molecule has 17 heavy (non-hydrogen) atoms. The molecule has 0 saturated heterocycles. The van der Waals surface area contributed by atoms with Crippen LogP contribution in [0, 0.1) is 0 Å². The van der Waals surface area contributed by atoms with Gasteiger partial charge in [0.05, 0.1) is 0 Å². The highest BCUT2D eigenvalue weighted by Gasteiger charge is 1.94. The van der Waals surface area contributed by atoms with E-state index in [1.807, 2.05) is 0 Å². The first-order valence-electron chi connectivity index (χ1n) is 8.15. The number of hydrogen-bond donors (Lipinski definition) is 0. The molecule has 0 fully saturated rings. The van der Waals surface area contributed by atoms with Crippen molar-refractivity contribution in [3.8, 4) is 0 Å². The monoisotopic (exact) mass is 236 g/mol. The maximum atomic E-state index is 2.41. The lowest BCUT2D eigenvalue weighted by atomic mass is 10.0. The minimum Gasteiger partial charge on any atom is -0.0885 e. The summed E-state index contributed by atoms with van der Waals surface area (Å²) < 4.78 is 0. The maximum absolute atomic E-state index is 2.41. The fraction of sp³-hybridized carbons (Fsp3) is 0.882. The van der Waals surface area contributed by atoms with E-state index in [1.54, 1.807) is 0 Å². The minimum absolute atomic E-state index is 1.32. The second-order valence-corrected chi connectivity index (χ2v) is 5.64. The van der Waals surface area contributed by atoms with Crippen LogP contribution in [0.4, 0.5) is 0 Å². The first-order valence-corrected chi connectivity index (χ1v) is 8.15. The summed E-state index contributed by atoms with van der Waals surface area (Å²) in [6.07, 6.45) is 26.5. The predicted octanol–water partition coefficient (Wildman–Crippen LogP) is 6.41. The summed E-state index contributed by atoms with van der Waals surface area (Å²) in [5.41, 5.74) is 0. The molecule has 0 nitrogen and oxygen atoms in total. The molecule has 0 amide bonds. The van der Waals surface area contributed by atoms with E-state index in [9.17, 15) is 0 Å². The molecule has 0 aromatic heterocycles. The Morgan fingerprint density at radius 2 is 0.529 bits per heavy atom. The number of rotatable bonds is 0. The van der Waals surface area contributed by atoms with Crippen LogP contribution in [0.5, 0.6) is 0 Å². The topological polar surface area (TPSA) is 0 Å². The maximum Gasteiger partial charge on any atom is -0.0351 e. The van der Waals surface area contributed by atoms with Crippen molar-refractivity contribution in [3.05, 3.63) is 12.2 Å². The lowest BCUT2D eigenvalue weighted by Gasteiger charge is -2.02. The second kappa shape index (κ2) is 12.2. The zero-order valence-corrected chi connectivity index (χ0v) is 11.8. The van der Waals surface area contributed by atoms with Gasteiger partial charge < -0.3 is 0 Å². The van der Waals surface area contributed by atoms with E-state index in [-0.39, 0.29) is 0 Å². The average Bonchev–Trinajstić information content (AvgIpc) is 2.35. The molecule has 1 aliphatic carbocycles. The van der Waals surface area contributed by atoms with E-state index in [4.69, 9.17) is 0 Å².